The number of furan rings is 1. The third-order valence-electron chi connectivity index (χ3n) is 14.4. The van der Waals surface area contributed by atoms with E-state index in [0.29, 0.717) is 33.7 Å². The molecule has 0 amide bonds. The standard InChI is InChI=1S/C54H17B14N3OS/c55-34-28(35(56)46(67)52(45(34)66)71-50-31-30(37(58)41(62)42(63)39(31)60)36(57)38(59)32(50)33-40(61)43(64)44(65)47(68)51(33)71)21-16-24(29-22-9-3-5-11-25(22)72-26(29)17-21)54-69-48(20-14-13-18-7-1-2-8-19(18)15-20)53-49(70-54)23-10-4-6-12-27(23)73-53/h1-17H. The lowest BCUT2D eigenvalue weighted by molar-refractivity contribution is 0.669. The van der Waals surface area contributed by atoms with Crippen LogP contribution in [0.2, 0.25) is 0 Å². The number of fused-ring (bicyclic) bond motifs is 12. The largest absolute Gasteiger partial charge is 0.456 e. The van der Waals surface area contributed by atoms with E-state index in [1.807, 2.05) is 60.7 Å². The van der Waals surface area contributed by atoms with Gasteiger partial charge in [0.15, 0.2) is 5.82 Å². The van der Waals surface area contributed by atoms with Crippen LogP contribution < -0.4 is 76.5 Å². The molecule has 4 heterocycles. The first-order chi connectivity index (χ1) is 35.1. The Labute approximate surface area is 442 Å². The lowest BCUT2D eigenvalue weighted by Gasteiger charge is -2.27. The molecule has 73 heavy (non-hydrogen) atoms. The van der Waals surface area contributed by atoms with Crippen molar-refractivity contribution >= 4 is 283 Å². The Kier molecular flexibility index (Phi) is 10.4. The monoisotopic (exact) mass is 909 g/mol. The maximum Gasteiger partial charge on any atom is 0.161 e. The van der Waals surface area contributed by atoms with Gasteiger partial charge in [-0.25, -0.2) is 9.97 Å². The lowest BCUT2D eigenvalue weighted by atomic mass is 9.61. The minimum absolute atomic E-state index is 0.00164. The fourth-order valence-electron chi connectivity index (χ4n) is 10.8. The average Bonchev–Trinajstić information content (AvgIpc) is 4.09. The average molecular weight is 907 g/mol. The van der Waals surface area contributed by atoms with E-state index >= 15 is 0 Å². The van der Waals surface area contributed by atoms with Gasteiger partial charge in [-0.2, -0.15) is 0 Å². The van der Waals surface area contributed by atoms with Crippen LogP contribution in [0.15, 0.2) is 108 Å². The minimum atomic E-state index is -0.0281. The smallest absolute Gasteiger partial charge is 0.161 e. The van der Waals surface area contributed by atoms with Crippen molar-refractivity contribution in [3.8, 4) is 39.5 Å². The van der Waals surface area contributed by atoms with Crippen LogP contribution in [-0.2, 0) is 0 Å². The van der Waals surface area contributed by atoms with Crippen LogP contribution >= 0.6 is 11.3 Å². The minimum Gasteiger partial charge on any atom is -0.456 e. The van der Waals surface area contributed by atoms with Gasteiger partial charge in [-0.15, -0.1) is 33.2 Å². The van der Waals surface area contributed by atoms with Crippen molar-refractivity contribution in [1.29, 1.82) is 0 Å². The number of nitrogens with zero attached hydrogens (tertiary/aromatic N) is 3. The van der Waals surface area contributed by atoms with Crippen LogP contribution in [0.5, 0.6) is 0 Å². The molecule has 0 saturated carbocycles. The molecule has 0 aliphatic rings. The Morgan fingerprint density at radius 3 is 1.68 bits per heavy atom. The van der Waals surface area contributed by atoms with Gasteiger partial charge in [0.1, 0.15) is 121 Å². The van der Waals surface area contributed by atoms with Crippen LogP contribution in [0.25, 0.3) is 125 Å². The van der Waals surface area contributed by atoms with Gasteiger partial charge in [-0.3, -0.25) is 0 Å². The van der Waals surface area contributed by atoms with Crippen molar-refractivity contribution < 1.29 is 4.42 Å². The highest BCUT2D eigenvalue weighted by Crippen LogP contribution is 2.43. The molecule has 0 saturated heterocycles. The number of rotatable bonds is 4. The molecule has 0 atom stereocenters. The van der Waals surface area contributed by atoms with E-state index in [1.165, 1.54) is 0 Å². The molecule has 4 aromatic heterocycles. The molecule has 0 bridgehead atoms. The van der Waals surface area contributed by atoms with Crippen molar-refractivity contribution in [2.45, 2.75) is 0 Å². The second kappa shape index (κ2) is 16.4. The molecule has 28 radical (unpaired) electrons. The van der Waals surface area contributed by atoms with Gasteiger partial charge in [0, 0.05) is 48.6 Å². The Bertz CT molecular complexity index is 4670. The van der Waals surface area contributed by atoms with E-state index in [0.717, 1.165) is 53.1 Å². The zero-order valence-electron chi connectivity index (χ0n) is 38.6. The fraction of sp³-hybridized carbons (Fsp3) is 0. The second-order valence-electron chi connectivity index (χ2n) is 18.3. The molecule has 4 nitrogen and oxygen atoms in total. The second-order valence-corrected chi connectivity index (χ2v) is 19.3. The van der Waals surface area contributed by atoms with Crippen molar-refractivity contribution in [1.82, 2.24) is 14.5 Å². The molecule has 0 N–H and O–H groups in total. The van der Waals surface area contributed by atoms with Crippen molar-refractivity contribution in [3.05, 3.63) is 103 Å². The molecule has 13 aromatic rings. The molecular weight excluding hydrogens is 890 g/mol. The van der Waals surface area contributed by atoms with Gasteiger partial charge in [-0.1, -0.05) is 127 Å². The van der Waals surface area contributed by atoms with Crippen LogP contribution in [0.4, 0.5) is 0 Å². The quantitative estimate of drug-likeness (QED) is 0.198. The number of hydrogen-bond acceptors (Lipinski definition) is 4. The Hall–Kier alpha value is -6.69. The first-order valence-corrected chi connectivity index (χ1v) is 23.6. The third kappa shape index (κ3) is 6.33. The Morgan fingerprint density at radius 1 is 0.411 bits per heavy atom. The summed E-state index contributed by atoms with van der Waals surface area (Å²) in [6, 6.07) is 34.3. The number of benzene rings is 9. The molecule has 0 unspecified atom stereocenters. The van der Waals surface area contributed by atoms with Crippen LogP contribution in [0.3, 0.4) is 0 Å². The first-order valence-electron chi connectivity index (χ1n) is 22.8. The summed E-state index contributed by atoms with van der Waals surface area (Å²) in [5.74, 6) is 0.433. The molecule has 9 aromatic carbocycles. The molecular formula is C54H17B14N3OS. The highest BCUT2D eigenvalue weighted by molar-refractivity contribution is 7.26. The van der Waals surface area contributed by atoms with E-state index in [-0.39, 0.29) is 115 Å². The van der Waals surface area contributed by atoms with E-state index < -0.39 is 0 Å². The zero-order chi connectivity index (χ0) is 50.8. The molecule has 0 fully saturated rings. The highest BCUT2D eigenvalue weighted by atomic mass is 32.1. The molecule has 13 rings (SSSR count). The van der Waals surface area contributed by atoms with Crippen LogP contribution in [0.1, 0.15) is 0 Å². The summed E-state index contributed by atoms with van der Waals surface area (Å²) in [5.41, 5.74) is 5.71. The number of para-hydroxylation sites is 1. The summed E-state index contributed by atoms with van der Waals surface area (Å²) in [5, 5.41) is 5.76. The van der Waals surface area contributed by atoms with Crippen molar-refractivity contribution in [2.75, 3.05) is 0 Å². The third-order valence-corrected chi connectivity index (χ3v) is 15.6. The number of aromatic nitrogens is 3. The van der Waals surface area contributed by atoms with Gasteiger partial charge in [0.05, 0.1) is 21.4 Å². The van der Waals surface area contributed by atoms with E-state index in [9.17, 15) is 0 Å². The highest BCUT2D eigenvalue weighted by Gasteiger charge is 2.29. The van der Waals surface area contributed by atoms with E-state index in [4.69, 9.17) is 124 Å². The summed E-state index contributed by atoms with van der Waals surface area (Å²) in [6.07, 6.45) is 0. The van der Waals surface area contributed by atoms with Gasteiger partial charge >= 0.3 is 0 Å². The normalized spacial score (nSPS) is 12.1. The fourth-order valence-corrected chi connectivity index (χ4v) is 11.9. The van der Waals surface area contributed by atoms with Crippen molar-refractivity contribution in [3.63, 3.8) is 0 Å². The molecule has 302 valence electrons. The number of thiophene rings is 1. The Balaban J connectivity index is 1.13. The van der Waals surface area contributed by atoms with Gasteiger partial charge in [-0.05, 0) is 68.4 Å². The van der Waals surface area contributed by atoms with Gasteiger partial charge in [0.2, 0.25) is 0 Å². The van der Waals surface area contributed by atoms with E-state index in [2.05, 4.69) is 42.5 Å². The topological polar surface area (TPSA) is 43.9 Å². The molecule has 0 aliphatic carbocycles. The maximum absolute atomic E-state index is 7.29. The van der Waals surface area contributed by atoms with Crippen molar-refractivity contribution in [2.24, 2.45) is 0 Å². The summed E-state index contributed by atoms with van der Waals surface area (Å²) < 4.78 is 10.2. The maximum atomic E-state index is 7.29. The SMILES string of the molecule is [B]c1c([B])c(-n2c3c([B])c([B])c([B])c([B])c3c3c([B])c([B])c4c([B])c([B])c([B])c([B])c4c32)c([B])c([B])c1-c1cc(-c2nc(-c3ccc4ccccc4c3)c3sc4ccccc4c3n2)c2c(c1)oc1ccccc12. The summed E-state index contributed by atoms with van der Waals surface area (Å²) in [7, 11) is 96.1. The summed E-state index contributed by atoms with van der Waals surface area (Å²) >= 11 is 1.64. The molecule has 0 spiro atoms. The lowest BCUT2D eigenvalue weighted by Crippen LogP contribution is -2.50. The Morgan fingerprint density at radius 2 is 0.973 bits per heavy atom. The van der Waals surface area contributed by atoms with Crippen LogP contribution in [0, 0.1) is 0 Å². The predicted octanol–water partition coefficient (Wildman–Crippen LogP) is -1.74. The summed E-state index contributed by atoms with van der Waals surface area (Å²) in [4.78, 5) is 10.8. The zero-order valence-corrected chi connectivity index (χ0v) is 39.4. The van der Waals surface area contributed by atoms with Gasteiger partial charge < -0.3 is 8.98 Å². The van der Waals surface area contributed by atoms with Gasteiger partial charge in [0.25, 0.3) is 0 Å². The van der Waals surface area contributed by atoms with E-state index in [1.54, 1.807) is 15.9 Å². The molecule has 19 heteroatoms. The van der Waals surface area contributed by atoms with Crippen LogP contribution in [-0.4, -0.2) is 124 Å². The first kappa shape index (κ1) is 46.1. The molecule has 0 aliphatic heterocycles. The summed E-state index contributed by atoms with van der Waals surface area (Å²) in [6.45, 7) is 0. The number of hydrogen-bond donors (Lipinski definition) is 0. The predicted molar refractivity (Wildman–Crippen MR) is 323 cm³/mol.